The van der Waals surface area contributed by atoms with E-state index in [4.69, 9.17) is 0 Å². The van der Waals surface area contributed by atoms with Crippen LogP contribution in [0.15, 0.2) is 30.3 Å². The molecule has 0 aromatic heterocycles. The fraction of sp³-hybridized carbons (Fsp3) is 0.333. The molecule has 3 aromatic carbocycles. The van der Waals surface area contributed by atoms with E-state index in [2.05, 4.69) is 103 Å². The van der Waals surface area contributed by atoms with Crippen molar-refractivity contribution in [3.05, 3.63) is 69.3 Å². The Bertz CT molecular complexity index is 678. The Morgan fingerprint density at radius 1 is 0.833 bits per heavy atom. The van der Waals surface area contributed by atoms with Crippen molar-refractivity contribution in [2.24, 2.45) is 0 Å². The minimum absolute atomic E-state index is 0.145. The van der Waals surface area contributed by atoms with Gasteiger partial charge in [-0.3, -0.25) is 0 Å². The van der Waals surface area contributed by atoms with Crippen LogP contribution in [0.5, 0.6) is 0 Å². The maximum absolute atomic E-state index is 3.23. The summed E-state index contributed by atoms with van der Waals surface area (Å²) in [5.41, 5.74) is 10.1. The molecule has 0 spiro atoms. The van der Waals surface area contributed by atoms with E-state index in [0.717, 1.165) is 0 Å². The fourth-order valence-corrected chi connectivity index (χ4v) is 2.94. The third-order valence-electron chi connectivity index (χ3n) is 5.06. The summed E-state index contributed by atoms with van der Waals surface area (Å²) in [6.45, 7) is 15.3. The molecular formula is C21H26Br2Zr. The van der Waals surface area contributed by atoms with Gasteiger partial charge in [-0.05, 0) is 6.92 Å². The van der Waals surface area contributed by atoms with Crippen molar-refractivity contribution >= 4 is 35.2 Å². The fourth-order valence-electron chi connectivity index (χ4n) is 2.94. The van der Waals surface area contributed by atoms with Gasteiger partial charge < -0.3 is 0 Å². The van der Waals surface area contributed by atoms with Gasteiger partial charge >= 0.3 is 43.0 Å². The molecular weight excluding hydrogens is 503 g/mol. The Kier molecular flexibility index (Phi) is 9.41. The molecule has 0 N–H and O–H groups in total. The van der Waals surface area contributed by atoms with Crippen LogP contribution in [-0.2, 0) is 18.5 Å². The molecule has 3 aromatic rings. The summed E-state index contributed by atoms with van der Waals surface area (Å²) < 4.78 is 0. The molecule has 0 fully saturated rings. The SMILES string of the molecule is Cc1c(C)c(C)[c-](C)c1C.Cc1ccc(C)c2[cH-]ccc12.[Br][Zr+2][Br]. The van der Waals surface area contributed by atoms with Crippen LogP contribution in [-0.4, -0.2) is 0 Å². The van der Waals surface area contributed by atoms with Gasteiger partial charge in [-0.25, -0.2) is 0 Å². The van der Waals surface area contributed by atoms with Crippen molar-refractivity contribution in [3.63, 3.8) is 0 Å². The molecule has 24 heavy (non-hydrogen) atoms. The van der Waals surface area contributed by atoms with Crippen molar-refractivity contribution in [2.45, 2.75) is 48.5 Å². The first-order chi connectivity index (χ1) is 11.3. The first-order valence-electron chi connectivity index (χ1n) is 8.03. The van der Waals surface area contributed by atoms with E-state index in [1.807, 2.05) is 0 Å². The zero-order valence-electron chi connectivity index (χ0n) is 15.6. The van der Waals surface area contributed by atoms with Gasteiger partial charge in [-0.15, -0.1) is 28.5 Å². The molecule has 0 atom stereocenters. The van der Waals surface area contributed by atoms with Gasteiger partial charge in [0.25, 0.3) is 0 Å². The van der Waals surface area contributed by atoms with Crippen LogP contribution in [0.3, 0.4) is 0 Å². The Morgan fingerprint density at radius 3 is 1.67 bits per heavy atom. The van der Waals surface area contributed by atoms with Crippen molar-refractivity contribution in [3.8, 4) is 0 Å². The van der Waals surface area contributed by atoms with Crippen molar-refractivity contribution < 1.29 is 18.5 Å². The van der Waals surface area contributed by atoms with E-state index in [1.165, 1.54) is 49.7 Å². The summed E-state index contributed by atoms with van der Waals surface area (Å²) in [5.74, 6) is 0. The second-order valence-electron chi connectivity index (χ2n) is 6.25. The number of fused-ring (bicyclic) bond motifs is 1. The third-order valence-corrected chi connectivity index (χ3v) is 5.06. The van der Waals surface area contributed by atoms with E-state index in [0.29, 0.717) is 0 Å². The molecule has 0 radical (unpaired) electrons. The molecule has 0 heterocycles. The quantitative estimate of drug-likeness (QED) is 0.261. The monoisotopic (exact) mass is 526 g/mol. The molecule has 0 unspecified atom stereocenters. The molecule has 0 aliphatic rings. The predicted octanol–water partition coefficient (Wildman–Crippen LogP) is 7.81. The molecule has 3 heteroatoms. The topological polar surface area (TPSA) is 0 Å². The van der Waals surface area contributed by atoms with Crippen LogP contribution in [0.4, 0.5) is 0 Å². The predicted molar refractivity (Wildman–Crippen MR) is 113 cm³/mol. The normalized spacial score (nSPS) is 9.71. The van der Waals surface area contributed by atoms with Gasteiger partial charge in [0, 0.05) is 0 Å². The first kappa shape index (κ1) is 22.1. The number of hydrogen-bond donors (Lipinski definition) is 0. The molecule has 0 saturated heterocycles. The van der Waals surface area contributed by atoms with Crippen LogP contribution in [0.1, 0.15) is 38.9 Å². The summed E-state index contributed by atoms with van der Waals surface area (Å²) >= 11 is 6.32. The number of hydrogen-bond acceptors (Lipinski definition) is 0. The summed E-state index contributed by atoms with van der Waals surface area (Å²) in [4.78, 5) is 0. The van der Waals surface area contributed by atoms with Crippen LogP contribution in [0.25, 0.3) is 10.8 Å². The number of rotatable bonds is 0. The molecule has 0 aliphatic heterocycles. The van der Waals surface area contributed by atoms with E-state index < -0.39 is 0 Å². The van der Waals surface area contributed by atoms with Gasteiger partial charge in [0.2, 0.25) is 0 Å². The van der Waals surface area contributed by atoms with E-state index in [9.17, 15) is 0 Å². The van der Waals surface area contributed by atoms with Gasteiger partial charge in [0.1, 0.15) is 0 Å². The summed E-state index contributed by atoms with van der Waals surface area (Å²) in [6, 6.07) is 10.8. The minimum atomic E-state index is -0.145. The molecule has 0 saturated carbocycles. The molecule has 3 rings (SSSR count). The molecule has 128 valence electrons. The number of aryl methyl sites for hydroxylation is 2. The van der Waals surface area contributed by atoms with Crippen molar-refractivity contribution in [2.75, 3.05) is 0 Å². The van der Waals surface area contributed by atoms with Gasteiger partial charge in [-0.1, -0.05) is 53.2 Å². The number of benzene rings is 1. The van der Waals surface area contributed by atoms with Crippen LogP contribution < -0.4 is 0 Å². The van der Waals surface area contributed by atoms with Crippen molar-refractivity contribution in [1.82, 2.24) is 0 Å². The Balaban J connectivity index is 0.000000208. The average Bonchev–Trinajstić information content (AvgIpc) is 3.12. The van der Waals surface area contributed by atoms with Gasteiger partial charge in [0.15, 0.2) is 0 Å². The van der Waals surface area contributed by atoms with Gasteiger partial charge in [0.05, 0.1) is 0 Å². The van der Waals surface area contributed by atoms with E-state index in [1.54, 1.807) is 0 Å². The zero-order chi connectivity index (χ0) is 18.4. The summed E-state index contributed by atoms with van der Waals surface area (Å²) in [6.07, 6.45) is 0. The van der Waals surface area contributed by atoms with E-state index in [-0.39, 0.29) is 18.5 Å². The summed E-state index contributed by atoms with van der Waals surface area (Å²) in [7, 11) is 0. The van der Waals surface area contributed by atoms with Gasteiger partial charge in [-0.2, -0.15) is 39.9 Å². The Hall–Kier alpha value is 0.0231. The third kappa shape index (κ3) is 5.26. The zero-order valence-corrected chi connectivity index (χ0v) is 21.3. The standard InChI is InChI=1S/C11H11.C10H15.2BrH.Zr/c1-8-6-7-9(2)11-5-3-4-10(8)11;1-6-7(2)9(4)10(5)8(6)3;;;/h3-7H,1-2H3;1-5H3;2*1H;/q2*-1;;;+4/p-2. The van der Waals surface area contributed by atoms with Crippen LogP contribution >= 0.6 is 24.4 Å². The molecule has 0 nitrogen and oxygen atoms in total. The molecule has 0 aliphatic carbocycles. The van der Waals surface area contributed by atoms with E-state index >= 15 is 0 Å². The molecule has 0 bridgehead atoms. The average molecular weight is 529 g/mol. The van der Waals surface area contributed by atoms with Crippen molar-refractivity contribution in [1.29, 1.82) is 0 Å². The molecule has 0 amide bonds. The van der Waals surface area contributed by atoms with Crippen LogP contribution in [0, 0.1) is 48.5 Å². The maximum atomic E-state index is 3.23. The van der Waals surface area contributed by atoms with Crippen LogP contribution in [0.2, 0.25) is 0 Å². The Morgan fingerprint density at radius 2 is 1.29 bits per heavy atom. The first-order valence-corrected chi connectivity index (χ1v) is 19.3. The second kappa shape index (κ2) is 10.2. The second-order valence-corrected chi connectivity index (χ2v) is 17.6. The number of halogens is 2. The summed E-state index contributed by atoms with van der Waals surface area (Å²) in [5, 5.41) is 2.79. The Labute approximate surface area is 170 Å².